The second-order valence-electron chi connectivity index (χ2n) is 8.57. The van der Waals surface area contributed by atoms with E-state index in [9.17, 15) is 0 Å². The van der Waals surface area contributed by atoms with Crippen LogP contribution in [0.1, 0.15) is 40.0 Å². The first kappa shape index (κ1) is 15.0. The van der Waals surface area contributed by atoms with Crippen LogP contribution in [0.3, 0.4) is 0 Å². The van der Waals surface area contributed by atoms with Crippen molar-refractivity contribution in [1.82, 2.24) is 4.90 Å². The van der Waals surface area contributed by atoms with E-state index in [4.69, 9.17) is 0 Å². The van der Waals surface area contributed by atoms with E-state index in [2.05, 4.69) is 60.9 Å². The molecule has 0 aliphatic heterocycles. The van der Waals surface area contributed by atoms with Gasteiger partial charge < -0.3 is 9.38 Å². The van der Waals surface area contributed by atoms with Gasteiger partial charge in [-0.2, -0.15) is 0 Å². The Morgan fingerprint density at radius 2 is 1.59 bits per heavy atom. The summed E-state index contributed by atoms with van der Waals surface area (Å²) in [4.78, 5) is 2.36. The lowest BCUT2D eigenvalue weighted by molar-refractivity contribution is -0.899. The second kappa shape index (κ2) is 4.55. The maximum absolute atomic E-state index is 2.48. The summed E-state index contributed by atoms with van der Waals surface area (Å²) in [7, 11) is 11.5. The summed E-state index contributed by atoms with van der Waals surface area (Å²) >= 11 is 0. The highest BCUT2D eigenvalue weighted by Crippen LogP contribution is 2.48. The lowest BCUT2D eigenvalue weighted by Crippen LogP contribution is -2.54. The molecule has 1 aliphatic rings. The Kier molecular flexibility index (Phi) is 4.01. The highest BCUT2D eigenvalue weighted by atomic mass is 15.3. The van der Waals surface area contributed by atoms with Gasteiger partial charge in [0.05, 0.1) is 27.2 Å². The van der Waals surface area contributed by atoms with E-state index < -0.39 is 0 Å². The number of quaternary nitrogens is 1. The minimum atomic E-state index is 0.474. The van der Waals surface area contributed by atoms with Crippen LogP contribution in [0, 0.1) is 10.8 Å². The molecule has 0 heterocycles. The molecule has 0 radical (unpaired) electrons. The van der Waals surface area contributed by atoms with Gasteiger partial charge in [0.15, 0.2) is 0 Å². The lowest BCUT2D eigenvalue weighted by Gasteiger charge is -2.51. The van der Waals surface area contributed by atoms with Crippen molar-refractivity contribution in [3.05, 3.63) is 0 Å². The van der Waals surface area contributed by atoms with Gasteiger partial charge in [-0.05, 0) is 31.3 Å². The van der Waals surface area contributed by atoms with Crippen LogP contribution in [0.25, 0.3) is 0 Å². The van der Waals surface area contributed by atoms with Crippen molar-refractivity contribution in [2.24, 2.45) is 10.8 Å². The van der Waals surface area contributed by atoms with Crippen molar-refractivity contribution >= 4 is 0 Å². The predicted octanol–water partition coefficient (Wildman–Crippen LogP) is 2.84. The van der Waals surface area contributed by atoms with Crippen LogP contribution in [-0.4, -0.2) is 57.2 Å². The molecule has 1 fully saturated rings. The molecular formula is C15H33N2+. The van der Waals surface area contributed by atoms with E-state index in [0.717, 1.165) is 10.5 Å². The van der Waals surface area contributed by atoms with Crippen LogP contribution >= 0.6 is 0 Å². The fraction of sp³-hybridized carbons (Fsp3) is 1.00. The van der Waals surface area contributed by atoms with Crippen LogP contribution in [0.5, 0.6) is 0 Å². The van der Waals surface area contributed by atoms with E-state index in [0.29, 0.717) is 10.8 Å². The van der Waals surface area contributed by atoms with Crippen LogP contribution in [-0.2, 0) is 0 Å². The first-order valence-corrected chi connectivity index (χ1v) is 6.89. The van der Waals surface area contributed by atoms with Gasteiger partial charge in [0, 0.05) is 19.4 Å². The SMILES string of the molecule is CN(C)CC1(C)CC([N+](C)(C)C)CC(C)(C)C1. The van der Waals surface area contributed by atoms with Gasteiger partial charge in [0.1, 0.15) is 0 Å². The molecule has 1 saturated carbocycles. The fourth-order valence-corrected chi connectivity index (χ4v) is 4.01. The third kappa shape index (κ3) is 4.26. The number of hydrogen-bond acceptors (Lipinski definition) is 1. The molecule has 0 aromatic heterocycles. The van der Waals surface area contributed by atoms with Crippen LogP contribution in [0.4, 0.5) is 0 Å². The molecule has 0 aromatic carbocycles. The molecule has 0 bridgehead atoms. The van der Waals surface area contributed by atoms with Crippen molar-refractivity contribution in [3.63, 3.8) is 0 Å². The standard InChI is InChI=1S/C15H33N2/c1-14(2)9-13(17(6,7)8)10-15(3,11-14)12-16(4)5/h13H,9-12H2,1-8H3/q+1. The number of nitrogens with zero attached hydrogens (tertiary/aromatic N) is 2. The highest BCUT2D eigenvalue weighted by Gasteiger charge is 2.45. The van der Waals surface area contributed by atoms with Crippen LogP contribution in [0.15, 0.2) is 0 Å². The maximum Gasteiger partial charge on any atom is 0.0895 e. The highest BCUT2D eigenvalue weighted by molar-refractivity contribution is 4.93. The monoisotopic (exact) mass is 241 g/mol. The zero-order valence-corrected chi connectivity index (χ0v) is 13.3. The van der Waals surface area contributed by atoms with E-state index >= 15 is 0 Å². The van der Waals surface area contributed by atoms with E-state index in [1.165, 1.54) is 25.8 Å². The van der Waals surface area contributed by atoms with Gasteiger partial charge in [0.25, 0.3) is 0 Å². The first-order valence-electron chi connectivity index (χ1n) is 6.89. The van der Waals surface area contributed by atoms with Crippen molar-refractivity contribution in [2.75, 3.05) is 41.8 Å². The molecule has 17 heavy (non-hydrogen) atoms. The summed E-state index contributed by atoms with van der Waals surface area (Å²) in [6, 6.07) is 0.795. The maximum atomic E-state index is 2.48. The Balaban J connectivity index is 2.88. The summed E-state index contributed by atoms with van der Waals surface area (Å²) < 4.78 is 1.10. The summed E-state index contributed by atoms with van der Waals surface area (Å²) in [6.45, 7) is 8.59. The van der Waals surface area contributed by atoms with Crippen molar-refractivity contribution in [1.29, 1.82) is 0 Å². The van der Waals surface area contributed by atoms with E-state index in [-0.39, 0.29) is 0 Å². The largest absolute Gasteiger partial charge is 0.328 e. The Bertz CT molecular complexity index is 263. The van der Waals surface area contributed by atoms with Crippen LogP contribution in [0.2, 0.25) is 0 Å². The van der Waals surface area contributed by atoms with Gasteiger partial charge in [-0.25, -0.2) is 0 Å². The zero-order chi connectivity index (χ0) is 13.5. The third-order valence-electron chi connectivity index (χ3n) is 4.22. The first-order chi connectivity index (χ1) is 7.44. The second-order valence-corrected chi connectivity index (χ2v) is 8.57. The number of rotatable bonds is 3. The Labute approximate surface area is 109 Å². The average Bonchev–Trinajstić information content (AvgIpc) is 1.94. The Morgan fingerprint density at radius 1 is 1.06 bits per heavy atom. The van der Waals surface area contributed by atoms with E-state index in [1.54, 1.807) is 0 Å². The zero-order valence-electron chi connectivity index (χ0n) is 13.3. The molecule has 102 valence electrons. The third-order valence-corrected chi connectivity index (χ3v) is 4.22. The van der Waals surface area contributed by atoms with Crippen molar-refractivity contribution in [3.8, 4) is 0 Å². The molecule has 2 heteroatoms. The summed E-state index contributed by atoms with van der Waals surface area (Å²) in [6.07, 6.45) is 4.08. The average molecular weight is 241 g/mol. The minimum absolute atomic E-state index is 0.474. The molecule has 1 aliphatic carbocycles. The van der Waals surface area contributed by atoms with Gasteiger partial charge in [-0.15, -0.1) is 0 Å². The van der Waals surface area contributed by atoms with Gasteiger partial charge in [0.2, 0.25) is 0 Å². The molecule has 2 atom stereocenters. The summed E-state index contributed by atoms with van der Waals surface area (Å²) in [5.41, 5.74) is 0.959. The smallest absolute Gasteiger partial charge is 0.0895 e. The fourth-order valence-electron chi connectivity index (χ4n) is 4.01. The quantitative estimate of drug-likeness (QED) is 0.687. The minimum Gasteiger partial charge on any atom is -0.328 e. The molecule has 0 saturated heterocycles. The molecule has 0 amide bonds. The summed E-state index contributed by atoms with van der Waals surface area (Å²) in [5.74, 6) is 0. The predicted molar refractivity (Wildman–Crippen MR) is 76.1 cm³/mol. The molecular weight excluding hydrogens is 208 g/mol. The molecule has 2 unspecified atom stereocenters. The Hall–Kier alpha value is -0.0800. The molecule has 0 aromatic rings. The summed E-state index contributed by atoms with van der Waals surface area (Å²) in [5, 5.41) is 0. The molecule has 0 spiro atoms. The van der Waals surface area contributed by atoms with Crippen LogP contribution < -0.4 is 0 Å². The lowest BCUT2D eigenvalue weighted by atomic mass is 9.62. The van der Waals surface area contributed by atoms with Crippen molar-refractivity contribution in [2.45, 2.75) is 46.1 Å². The van der Waals surface area contributed by atoms with Gasteiger partial charge in [-0.1, -0.05) is 20.8 Å². The van der Waals surface area contributed by atoms with E-state index in [1.807, 2.05) is 0 Å². The molecule has 0 N–H and O–H groups in total. The topological polar surface area (TPSA) is 3.24 Å². The van der Waals surface area contributed by atoms with Crippen molar-refractivity contribution < 1.29 is 4.48 Å². The molecule has 2 nitrogen and oxygen atoms in total. The Morgan fingerprint density at radius 3 is 2.00 bits per heavy atom. The number of hydrogen-bond donors (Lipinski definition) is 0. The normalized spacial score (nSPS) is 34.1. The molecule has 1 rings (SSSR count). The van der Waals surface area contributed by atoms with Gasteiger partial charge >= 0.3 is 0 Å². The van der Waals surface area contributed by atoms with Gasteiger partial charge in [-0.3, -0.25) is 0 Å².